The predicted molar refractivity (Wildman–Crippen MR) is 195 cm³/mol. The number of aliphatic hydroxyl groups is 2. The molecule has 0 bridgehead atoms. The van der Waals surface area contributed by atoms with Crippen molar-refractivity contribution in [1.82, 2.24) is 10.2 Å². The SMILES string of the molecule is C=CCCOC(=O)N(CCC)C1CC(=NOC)C2=CC(CCCCO)C(CCCCO)C3c4cc(OC(=O)NCC)ccc4OC1(OCC=C)C23. The summed E-state index contributed by atoms with van der Waals surface area (Å²) in [5.74, 6) is -1.02. The van der Waals surface area contributed by atoms with Crippen LogP contribution in [-0.4, -0.2) is 91.5 Å². The fraction of sp³-hybridized carbons (Fsp3) is 0.615. The van der Waals surface area contributed by atoms with Crippen LogP contribution in [0.1, 0.15) is 83.1 Å². The molecule has 1 saturated carbocycles. The number of ether oxygens (including phenoxy) is 4. The molecule has 0 radical (unpaired) electrons. The molecule has 2 amide bonds. The Hall–Kier alpha value is -3.87. The van der Waals surface area contributed by atoms with Gasteiger partial charge in [-0.3, -0.25) is 4.90 Å². The third-order valence-corrected chi connectivity index (χ3v) is 10.0. The molecule has 1 aliphatic heterocycles. The maximum absolute atomic E-state index is 13.9. The molecular formula is C39H57N3O9. The van der Waals surface area contributed by atoms with Crippen LogP contribution in [0.5, 0.6) is 11.5 Å². The van der Waals surface area contributed by atoms with Crippen molar-refractivity contribution >= 4 is 17.9 Å². The van der Waals surface area contributed by atoms with Crippen LogP contribution in [0, 0.1) is 17.8 Å². The quantitative estimate of drug-likeness (QED) is 0.0785. The summed E-state index contributed by atoms with van der Waals surface area (Å²) in [5.41, 5.74) is 2.48. The van der Waals surface area contributed by atoms with E-state index in [-0.39, 0.29) is 50.6 Å². The second kappa shape index (κ2) is 19.7. The molecule has 1 heterocycles. The Kier molecular flexibility index (Phi) is 15.4. The van der Waals surface area contributed by atoms with Gasteiger partial charge in [0.15, 0.2) is 0 Å². The summed E-state index contributed by atoms with van der Waals surface area (Å²) in [5, 5.41) is 26.8. The van der Waals surface area contributed by atoms with Gasteiger partial charge in [0.25, 0.3) is 0 Å². The lowest BCUT2D eigenvalue weighted by Gasteiger charge is -2.59. The summed E-state index contributed by atoms with van der Waals surface area (Å²) in [6.45, 7) is 12.9. The topological polar surface area (TPSA) is 148 Å². The maximum Gasteiger partial charge on any atom is 0.412 e. The second-order valence-electron chi connectivity index (χ2n) is 13.3. The van der Waals surface area contributed by atoms with Crippen molar-refractivity contribution in [1.29, 1.82) is 0 Å². The van der Waals surface area contributed by atoms with Crippen molar-refractivity contribution in [2.75, 3.05) is 46.6 Å². The third kappa shape index (κ3) is 9.14. The first-order valence-corrected chi connectivity index (χ1v) is 18.4. The van der Waals surface area contributed by atoms with Gasteiger partial charge in [-0.15, -0.1) is 13.2 Å². The van der Waals surface area contributed by atoms with Crippen molar-refractivity contribution < 1.29 is 43.6 Å². The third-order valence-electron chi connectivity index (χ3n) is 10.0. The van der Waals surface area contributed by atoms with Gasteiger partial charge < -0.3 is 39.3 Å². The van der Waals surface area contributed by atoms with E-state index in [0.29, 0.717) is 56.0 Å². The molecule has 1 aromatic rings. The minimum atomic E-state index is -1.38. The van der Waals surface area contributed by atoms with Gasteiger partial charge in [-0.1, -0.05) is 43.1 Å². The van der Waals surface area contributed by atoms with E-state index in [0.717, 1.165) is 36.8 Å². The minimum Gasteiger partial charge on any atom is -0.459 e. The highest BCUT2D eigenvalue weighted by Crippen LogP contribution is 2.62. The normalized spacial score (nSPS) is 25.4. The molecule has 0 aromatic heterocycles. The lowest BCUT2D eigenvalue weighted by molar-refractivity contribution is -0.255. The van der Waals surface area contributed by atoms with Crippen molar-refractivity contribution in [2.24, 2.45) is 22.9 Å². The van der Waals surface area contributed by atoms with E-state index in [2.05, 4.69) is 29.7 Å². The molecule has 282 valence electrons. The predicted octanol–water partition coefficient (Wildman–Crippen LogP) is 6.48. The Morgan fingerprint density at radius 3 is 2.55 bits per heavy atom. The molecule has 12 nitrogen and oxygen atoms in total. The number of benzene rings is 1. The Bertz CT molecular complexity index is 1400. The number of hydrogen-bond acceptors (Lipinski definition) is 10. The first kappa shape index (κ1) is 39.9. The zero-order chi connectivity index (χ0) is 36.8. The second-order valence-corrected chi connectivity index (χ2v) is 13.3. The lowest BCUT2D eigenvalue weighted by Crippen LogP contribution is -2.70. The fourth-order valence-corrected chi connectivity index (χ4v) is 8.04. The molecule has 4 rings (SSSR count). The summed E-state index contributed by atoms with van der Waals surface area (Å²) >= 11 is 0. The molecule has 2 aliphatic carbocycles. The number of allylic oxidation sites excluding steroid dienone is 1. The smallest absolute Gasteiger partial charge is 0.412 e. The number of hydrogen-bond donors (Lipinski definition) is 3. The van der Waals surface area contributed by atoms with E-state index in [9.17, 15) is 19.8 Å². The van der Waals surface area contributed by atoms with E-state index < -0.39 is 29.9 Å². The van der Waals surface area contributed by atoms with Gasteiger partial charge in [-0.25, -0.2) is 9.59 Å². The number of nitrogens with one attached hydrogen (secondary N) is 1. The number of aliphatic hydroxyl groups excluding tert-OH is 2. The summed E-state index contributed by atoms with van der Waals surface area (Å²) in [4.78, 5) is 33.7. The summed E-state index contributed by atoms with van der Waals surface area (Å²) in [6.07, 6.45) is 10.6. The molecule has 6 unspecified atom stereocenters. The highest BCUT2D eigenvalue weighted by molar-refractivity contribution is 6.03. The van der Waals surface area contributed by atoms with E-state index >= 15 is 0 Å². The van der Waals surface area contributed by atoms with Gasteiger partial charge >= 0.3 is 12.2 Å². The molecule has 0 saturated heterocycles. The van der Waals surface area contributed by atoms with E-state index in [1.165, 1.54) is 7.11 Å². The fourth-order valence-electron chi connectivity index (χ4n) is 8.04. The molecule has 3 aliphatic rings. The Morgan fingerprint density at radius 2 is 1.88 bits per heavy atom. The monoisotopic (exact) mass is 711 g/mol. The van der Waals surface area contributed by atoms with Crippen molar-refractivity contribution in [3.63, 3.8) is 0 Å². The zero-order valence-electron chi connectivity index (χ0n) is 30.5. The molecule has 0 spiro atoms. The van der Waals surface area contributed by atoms with Gasteiger partial charge in [0.05, 0.1) is 24.8 Å². The number of amides is 2. The Balaban J connectivity index is 2.00. The molecule has 12 heteroatoms. The van der Waals surface area contributed by atoms with Crippen LogP contribution >= 0.6 is 0 Å². The zero-order valence-corrected chi connectivity index (χ0v) is 30.5. The first-order chi connectivity index (χ1) is 24.8. The Labute approximate surface area is 302 Å². The van der Waals surface area contributed by atoms with Crippen LogP contribution in [-0.2, 0) is 14.3 Å². The highest BCUT2D eigenvalue weighted by atomic mass is 16.7. The van der Waals surface area contributed by atoms with E-state index in [1.54, 1.807) is 23.1 Å². The van der Waals surface area contributed by atoms with E-state index in [1.807, 2.05) is 26.0 Å². The summed E-state index contributed by atoms with van der Waals surface area (Å²) < 4.78 is 25.5. The van der Waals surface area contributed by atoms with Gasteiger partial charge in [0.2, 0.25) is 5.79 Å². The number of rotatable bonds is 20. The largest absolute Gasteiger partial charge is 0.459 e. The van der Waals surface area contributed by atoms with Crippen LogP contribution in [0.15, 0.2) is 60.3 Å². The molecule has 3 N–H and O–H groups in total. The standard InChI is InChI=1S/C39H57N3O9/c1-6-10-23-48-38(46)42(19-7-2)34-26-32(41-47-5)30-24-27(15-11-13-20-43)29(16-12-14-21-44)35-31-25-28(50-37(45)40-9-4)17-18-33(31)51-39(34,36(30)35)49-22-8-3/h6,8,17-18,24-25,27,29,34-36,43-44H,1,3,7,9-16,19-23,26H2,2,4-5H3,(H,40,45). The number of oxime groups is 1. The molecule has 1 aromatic carbocycles. The van der Waals surface area contributed by atoms with Crippen molar-refractivity contribution in [3.05, 3.63) is 60.7 Å². The van der Waals surface area contributed by atoms with Gasteiger partial charge in [0, 0.05) is 44.2 Å². The van der Waals surface area contributed by atoms with Crippen LogP contribution in [0.3, 0.4) is 0 Å². The van der Waals surface area contributed by atoms with Crippen molar-refractivity contribution in [2.45, 2.75) is 89.4 Å². The van der Waals surface area contributed by atoms with E-state index in [4.69, 9.17) is 23.8 Å². The van der Waals surface area contributed by atoms with Gasteiger partial charge in [0.1, 0.15) is 24.7 Å². The van der Waals surface area contributed by atoms with Gasteiger partial charge in [-0.05, 0) is 81.1 Å². The van der Waals surface area contributed by atoms with Crippen LogP contribution in [0.25, 0.3) is 0 Å². The number of fused-ring (bicyclic) bond motifs is 2. The van der Waals surface area contributed by atoms with Crippen molar-refractivity contribution in [3.8, 4) is 11.5 Å². The summed E-state index contributed by atoms with van der Waals surface area (Å²) in [6, 6.07) is 4.72. The average Bonchev–Trinajstić information content (AvgIpc) is 3.12. The first-order valence-electron chi connectivity index (χ1n) is 18.4. The average molecular weight is 712 g/mol. The number of unbranched alkanes of at least 4 members (excludes halogenated alkanes) is 2. The highest BCUT2D eigenvalue weighted by Gasteiger charge is 2.65. The van der Waals surface area contributed by atoms with Gasteiger partial charge in [-0.2, -0.15) is 0 Å². The van der Waals surface area contributed by atoms with Crippen LogP contribution < -0.4 is 14.8 Å². The Morgan fingerprint density at radius 1 is 1.12 bits per heavy atom. The maximum atomic E-state index is 13.9. The number of nitrogens with zero attached hydrogens (tertiary/aromatic N) is 2. The lowest BCUT2D eigenvalue weighted by atomic mass is 9.55. The molecule has 1 fully saturated rings. The number of carbonyl (C=O) groups is 2. The summed E-state index contributed by atoms with van der Waals surface area (Å²) in [7, 11) is 1.51. The number of carbonyl (C=O) groups excluding carboxylic acids is 2. The molecule has 6 atom stereocenters. The molecular weight excluding hydrogens is 654 g/mol. The van der Waals surface area contributed by atoms with Crippen LogP contribution in [0.4, 0.5) is 9.59 Å². The van der Waals surface area contributed by atoms with Crippen LogP contribution in [0.2, 0.25) is 0 Å². The molecule has 51 heavy (non-hydrogen) atoms. The minimum absolute atomic E-state index is 0.0415.